The zero-order valence-corrected chi connectivity index (χ0v) is 16.0. The maximum absolute atomic E-state index is 13.4. The van der Waals surface area contributed by atoms with Crippen molar-refractivity contribution in [1.82, 2.24) is 15.3 Å². The standard InChI is InChI=1S/C20H17N3O5S/c24-20(15-4-2-8-22-11-15)23-12-19(14-3-1-7-21-10-14)29(25,26)16-5-6-17-18(9-16)28-13-27-17/h1-11,19H,12-13H2,(H,23,24)/t19-/m0/s1. The summed E-state index contributed by atoms with van der Waals surface area (Å²) in [5.41, 5.74) is 0.814. The maximum Gasteiger partial charge on any atom is 0.252 e. The number of rotatable bonds is 6. The Hall–Kier alpha value is -3.46. The zero-order chi connectivity index (χ0) is 20.3. The number of carbonyl (C=O) groups is 1. The quantitative estimate of drug-likeness (QED) is 0.662. The van der Waals surface area contributed by atoms with E-state index < -0.39 is 21.0 Å². The third kappa shape index (κ3) is 3.90. The Kier molecular flexibility index (Phi) is 5.13. The molecule has 9 heteroatoms. The molecule has 3 heterocycles. The summed E-state index contributed by atoms with van der Waals surface area (Å²) in [5.74, 6) is 0.454. The third-order valence-corrected chi connectivity index (χ3v) is 6.57. The number of aromatic nitrogens is 2. The minimum atomic E-state index is -3.86. The lowest BCUT2D eigenvalue weighted by atomic mass is 10.2. The molecule has 0 unspecified atom stereocenters. The van der Waals surface area contributed by atoms with Crippen LogP contribution in [0.3, 0.4) is 0 Å². The van der Waals surface area contributed by atoms with Crippen molar-refractivity contribution in [2.45, 2.75) is 10.1 Å². The van der Waals surface area contributed by atoms with E-state index in [2.05, 4.69) is 15.3 Å². The third-order valence-electron chi connectivity index (χ3n) is 4.48. The average Bonchev–Trinajstić information content (AvgIpc) is 3.23. The lowest BCUT2D eigenvalue weighted by molar-refractivity contribution is 0.0953. The molecule has 3 aromatic rings. The van der Waals surface area contributed by atoms with Gasteiger partial charge in [0.05, 0.1) is 10.5 Å². The number of carbonyl (C=O) groups excluding carboxylic acids is 1. The van der Waals surface area contributed by atoms with Crippen LogP contribution < -0.4 is 14.8 Å². The van der Waals surface area contributed by atoms with Gasteiger partial charge in [-0.3, -0.25) is 14.8 Å². The summed E-state index contributed by atoms with van der Waals surface area (Å²) in [6.45, 7) is -0.0811. The molecule has 1 N–H and O–H groups in total. The number of benzene rings is 1. The molecule has 148 valence electrons. The minimum Gasteiger partial charge on any atom is -0.454 e. The van der Waals surface area contributed by atoms with E-state index in [1.165, 1.54) is 24.5 Å². The van der Waals surface area contributed by atoms with Gasteiger partial charge in [0, 0.05) is 37.4 Å². The van der Waals surface area contributed by atoms with Gasteiger partial charge in [0.25, 0.3) is 5.91 Å². The number of ether oxygens (including phenoxy) is 2. The summed E-state index contributed by atoms with van der Waals surface area (Å²) in [7, 11) is -3.86. The highest BCUT2D eigenvalue weighted by Gasteiger charge is 2.31. The summed E-state index contributed by atoms with van der Waals surface area (Å²) >= 11 is 0. The van der Waals surface area contributed by atoms with Crippen LogP contribution >= 0.6 is 0 Å². The van der Waals surface area contributed by atoms with Gasteiger partial charge < -0.3 is 14.8 Å². The Labute approximate surface area is 167 Å². The molecule has 1 atom stereocenters. The normalized spacial score (nSPS) is 13.7. The van der Waals surface area contributed by atoms with Gasteiger partial charge in [-0.2, -0.15) is 0 Å². The number of hydrogen-bond acceptors (Lipinski definition) is 7. The van der Waals surface area contributed by atoms with Crippen LogP contribution in [-0.4, -0.2) is 37.6 Å². The van der Waals surface area contributed by atoms with Crippen molar-refractivity contribution in [1.29, 1.82) is 0 Å². The van der Waals surface area contributed by atoms with Gasteiger partial charge in [-0.1, -0.05) is 6.07 Å². The first kappa shape index (κ1) is 18.9. The van der Waals surface area contributed by atoms with E-state index in [9.17, 15) is 13.2 Å². The van der Waals surface area contributed by atoms with Crippen molar-refractivity contribution < 1.29 is 22.7 Å². The fourth-order valence-electron chi connectivity index (χ4n) is 2.98. The molecule has 29 heavy (non-hydrogen) atoms. The number of sulfone groups is 1. The SMILES string of the molecule is O=C(NC[C@@H](c1cccnc1)S(=O)(=O)c1ccc2c(c1)OCO2)c1cccnc1. The molecular weight excluding hydrogens is 394 g/mol. The van der Waals surface area contributed by atoms with E-state index in [0.717, 1.165) is 0 Å². The minimum absolute atomic E-state index is 0.0477. The second kappa shape index (κ2) is 7.88. The summed E-state index contributed by atoms with van der Waals surface area (Å²) in [4.78, 5) is 20.4. The second-order valence-corrected chi connectivity index (χ2v) is 8.42. The van der Waals surface area contributed by atoms with Crippen molar-refractivity contribution in [2.24, 2.45) is 0 Å². The molecule has 2 aromatic heterocycles. The van der Waals surface area contributed by atoms with Gasteiger partial charge in [0.1, 0.15) is 5.25 Å². The average molecular weight is 411 g/mol. The summed E-state index contributed by atoms with van der Waals surface area (Å²) in [6, 6.07) is 11.0. The first-order chi connectivity index (χ1) is 14.1. The smallest absolute Gasteiger partial charge is 0.252 e. The maximum atomic E-state index is 13.4. The predicted molar refractivity (Wildman–Crippen MR) is 103 cm³/mol. The van der Waals surface area contributed by atoms with Gasteiger partial charge in [-0.05, 0) is 35.9 Å². The van der Waals surface area contributed by atoms with Crippen LogP contribution in [0.1, 0.15) is 21.2 Å². The molecule has 0 bridgehead atoms. The molecule has 0 spiro atoms. The Morgan fingerprint density at radius 3 is 2.52 bits per heavy atom. The highest BCUT2D eigenvalue weighted by Crippen LogP contribution is 2.37. The number of fused-ring (bicyclic) bond motifs is 1. The van der Waals surface area contributed by atoms with Crippen molar-refractivity contribution in [3.63, 3.8) is 0 Å². The lowest BCUT2D eigenvalue weighted by Gasteiger charge is -2.19. The van der Waals surface area contributed by atoms with Crippen LogP contribution in [0, 0.1) is 0 Å². The molecule has 0 saturated carbocycles. The Morgan fingerprint density at radius 2 is 1.79 bits per heavy atom. The summed E-state index contributed by atoms with van der Waals surface area (Å²) in [5, 5.41) is 1.65. The highest BCUT2D eigenvalue weighted by molar-refractivity contribution is 7.91. The Morgan fingerprint density at radius 1 is 1.03 bits per heavy atom. The number of hydrogen-bond donors (Lipinski definition) is 1. The van der Waals surface area contributed by atoms with Crippen molar-refractivity contribution in [2.75, 3.05) is 13.3 Å². The molecular formula is C20H17N3O5S. The first-order valence-electron chi connectivity index (χ1n) is 8.77. The number of nitrogens with zero attached hydrogens (tertiary/aromatic N) is 2. The fourth-order valence-corrected chi connectivity index (χ4v) is 4.63. The zero-order valence-electron chi connectivity index (χ0n) is 15.2. The largest absolute Gasteiger partial charge is 0.454 e. The van der Waals surface area contributed by atoms with Gasteiger partial charge in [-0.25, -0.2) is 8.42 Å². The molecule has 0 fully saturated rings. The van der Waals surface area contributed by atoms with Crippen molar-refractivity contribution in [3.05, 3.63) is 78.4 Å². The molecule has 1 aromatic carbocycles. The number of nitrogens with one attached hydrogen (secondary N) is 1. The van der Waals surface area contributed by atoms with E-state index in [4.69, 9.17) is 9.47 Å². The van der Waals surface area contributed by atoms with Crippen LogP contribution in [0.4, 0.5) is 0 Å². The van der Waals surface area contributed by atoms with Crippen LogP contribution in [0.5, 0.6) is 11.5 Å². The van der Waals surface area contributed by atoms with Crippen LogP contribution in [0.2, 0.25) is 0 Å². The highest BCUT2D eigenvalue weighted by atomic mass is 32.2. The monoisotopic (exact) mass is 411 g/mol. The molecule has 0 saturated heterocycles. The van der Waals surface area contributed by atoms with E-state index in [0.29, 0.717) is 22.6 Å². The molecule has 4 rings (SSSR count). The van der Waals surface area contributed by atoms with Crippen LogP contribution in [0.15, 0.2) is 72.1 Å². The van der Waals surface area contributed by atoms with Gasteiger partial charge in [0.2, 0.25) is 6.79 Å². The lowest BCUT2D eigenvalue weighted by Crippen LogP contribution is -2.32. The van der Waals surface area contributed by atoms with Crippen LogP contribution in [-0.2, 0) is 9.84 Å². The van der Waals surface area contributed by atoms with Gasteiger partial charge in [-0.15, -0.1) is 0 Å². The number of pyridine rings is 2. The van der Waals surface area contributed by atoms with E-state index in [1.54, 1.807) is 42.7 Å². The van der Waals surface area contributed by atoms with Crippen molar-refractivity contribution in [3.8, 4) is 11.5 Å². The summed E-state index contributed by atoms with van der Waals surface area (Å²) in [6.07, 6.45) is 6.01. The predicted octanol–water partition coefficient (Wildman–Crippen LogP) is 2.15. The fraction of sp³-hybridized carbons (Fsp3) is 0.150. The molecule has 1 amide bonds. The molecule has 8 nitrogen and oxygen atoms in total. The Balaban J connectivity index is 1.64. The van der Waals surface area contributed by atoms with Crippen molar-refractivity contribution >= 4 is 15.7 Å². The van der Waals surface area contributed by atoms with Gasteiger partial charge >= 0.3 is 0 Å². The molecule has 0 radical (unpaired) electrons. The van der Waals surface area contributed by atoms with E-state index in [-0.39, 0.29) is 18.2 Å². The summed E-state index contributed by atoms with van der Waals surface area (Å²) < 4.78 is 37.3. The van der Waals surface area contributed by atoms with E-state index >= 15 is 0 Å². The second-order valence-electron chi connectivity index (χ2n) is 6.29. The van der Waals surface area contributed by atoms with Crippen LogP contribution in [0.25, 0.3) is 0 Å². The Bertz CT molecular complexity index is 1120. The molecule has 1 aliphatic rings. The molecule has 1 aliphatic heterocycles. The number of amides is 1. The first-order valence-corrected chi connectivity index (χ1v) is 10.3. The van der Waals surface area contributed by atoms with E-state index in [1.807, 2.05) is 0 Å². The topological polar surface area (TPSA) is 107 Å². The van der Waals surface area contributed by atoms with Gasteiger partial charge in [0.15, 0.2) is 21.3 Å². The molecule has 0 aliphatic carbocycles.